The van der Waals surface area contributed by atoms with E-state index in [1.165, 1.54) is 6.07 Å². The Bertz CT molecular complexity index is 622. The monoisotopic (exact) mass is 344 g/mol. The molecule has 0 aliphatic heterocycles. The second kappa shape index (κ2) is 5.94. The molecule has 0 N–H and O–H groups in total. The molecule has 0 saturated carbocycles. The molecule has 1 aromatic carbocycles. The first-order chi connectivity index (χ1) is 9.02. The fourth-order valence-corrected chi connectivity index (χ4v) is 2.09. The van der Waals surface area contributed by atoms with E-state index in [1.807, 2.05) is 0 Å². The molecule has 2 aromatic rings. The molecule has 1 aromatic heterocycles. The summed E-state index contributed by atoms with van der Waals surface area (Å²) in [6.45, 7) is 2.01. The van der Waals surface area contributed by atoms with Crippen molar-refractivity contribution < 1.29 is 9.13 Å². The number of aryl methyl sites for hydroxylation is 1. The van der Waals surface area contributed by atoms with Gasteiger partial charge < -0.3 is 4.74 Å². The third kappa shape index (κ3) is 3.11. The molecule has 0 fully saturated rings. The van der Waals surface area contributed by atoms with Crippen molar-refractivity contribution in [1.29, 1.82) is 0 Å². The zero-order valence-electron chi connectivity index (χ0n) is 10.4. The Kier molecular flexibility index (Phi) is 4.50. The predicted octanol–water partition coefficient (Wildman–Crippen LogP) is 4.15. The summed E-state index contributed by atoms with van der Waals surface area (Å²) < 4.78 is 18.9. The maximum absolute atomic E-state index is 13.3. The van der Waals surface area contributed by atoms with Crippen molar-refractivity contribution in [2.24, 2.45) is 0 Å². The van der Waals surface area contributed by atoms with Gasteiger partial charge in [0.25, 0.3) is 0 Å². The van der Waals surface area contributed by atoms with Gasteiger partial charge in [-0.05, 0) is 46.6 Å². The summed E-state index contributed by atoms with van der Waals surface area (Å²) in [6, 6.07) is 4.70. The SMILES string of the molecule is COCc1nc(-c2ccc(F)c(C)c2)nc(Cl)c1Br. The molecule has 0 bridgehead atoms. The molecule has 0 spiro atoms. The van der Waals surface area contributed by atoms with Gasteiger partial charge >= 0.3 is 0 Å². The number of benzene rings is 1. The van der Waals surface area contributed by atoms with Crippen molar-refractivity contribution in [3.63, 3.8) is 0 Å². The lowest BCUT2D eigenvalue weighted by atomic mass is 10.1. The minimum absolute atomic E-state index is 0.260. The van der Waals surface area contributed by atoms with E-state index in [0.29, 0.717) is 38.9 Å². The van der Waals surface area contributed by atoms with Crippen molar-refractivity contribution >= 4 is 27.5 Å². The number of hydrogen-bond acceptors (Lipinski definition) is 3. The minimum Gasteiger partial charge on any atom is -0.378 e. The van der Waals surface area contributed by atoms with Crippen LogP contribution in [-0.4, -0.2) is 17.1 Å². The highest BCUT2D eigenvalue weighted by Gasteiger charge is 2.12. The highest BCUT2D eigenvalue weighted by atomic mass is 79.9. The summed E-state index contributed by atoms with van der Waals surface area (Å²) in [4.78, 5) is 8.56. The molecule has 19 heavy (non-hydrogen) atoms. The Morgan fingerprint density at radius 2 is 2.11 bits per heavy atom. The first-order valence-corrected chi connectivity index (χ1v) is 6.67. The highest BCUT2D eigenvalue weighted by Crippen LogP contribution is 2.28. The summed E-state index contributed by atoms with van der Waals surface area (Å²) in [6.07, 6.45) is 0. The number of methoxy groups -OCH3 is 1. The Balaban J connectivity index is 2.52. The second-order valence-electron chi connectivity index (χ2n) is 4.00. The van der Waals surface area contributed by atoms with Gasteiger partial charge in [-0.25, -0.2) is 14.4 Å². The number of ether oxygens (including phenoxy) is 1. The molecule has 0 saturated heterocycles. The Labute approximate surface area is 123 Å². The quantitative estimate of drug-likeness (QED) is 0.784. The van der Waals surface area contributed by atoms with Crippen molar-refractivity contribution in [1.82, 2.24) is 9.97 Å². The molecule has 3 nitrogen and oxygen atoms in total. The van der Waals surface area contributed by atoms with E-state index in [1.54, 1.807) is 26.2 Å². The number of rotatable bonds is 3. The zero-order chi connectivity index (χ0) is 14.0. The molecule has 2 rings (SSSR count). The smallest absolute Gasteiger partial charge is 0.161 e. The number of hydrogen-bond donors (Lipinski definition) is 0. The van der Waals surface area contributed by atoms with Crippen molar-refractivity contribution in [2.45, 2.75) is 13.5 Å². The van der Waals surface area contributed by atoms with Crippen LogP contribution in [0.2, 0.25) is 5.15 Å². The normalized spacial score (nSPS) is 10.8. The summed E-state index contributed by atoms with van der Waals surface area (Å²) in [5.41, 5.74) is 1.90. The molecule has 0 amide bonds. The number of aromatic nitrogens is 2. The second-order valence-corrected chi connectivity index (χ2v) is 5.15. The van der Waals surface area contributed by atoms with Crippen LogP contribution in [0, 0.1) is 12.7 Å². The third-order valence-electron chi connectivity index (χ3n) is 2.58. The molecule has 1 heterocycles. The van der Waals surface area contributed by atoms with Crippen LogP contribution in [0.5, 0.6) is 0 Å². The van der Waals surface area contributed by atoms with Gasteiger partial charge in [0, 0.05) is 12.7 Å². The van der Waals surface area contributed by atoms with E-state index in [-0.39, 0.29) is 5.82 Å². The Morgan fingerprint density at radius 3 is 2.74 bits per heavy atom. The molecular weight excluding hydrogens is 335 g/mol. The van der Waals surface area contributed by atoms with E-state index in [4.69, 9.17) is 16.3 Å². The Morgan fingerprint density at radius 1 is 1.37 bits per heavy atom. The molecule has 0 aliphatic rings. The van der Waals surface area contributed by atoms with E-state index in [0.717, 1.165) is 0 Å². The number of nitrogens with zero attached hydrogens (tertiary/aromatic N) is 2. The van der Waals surface area contributed by atoms with Crippen LogP contribution in [-0.2, 0) is 11.3 Å². The molecule has 0 unspecified atom stereocenters. The first kappa shape index (κ1) is 14.4. The topological polar surface area (TPSA) is 35.0 Å². The van der Waals surface area contributed by atoms with Crippen LogP contribution in [0.1, 0.15) is 11.3 Å². The maximum atomic E-state index is 13.3. The predicted molar refractivity (Wildman–Crippen MR) is 75.6 cm³/mol. The molecule has 0 aliphatic carbocycles. The average molecular weight is 346 g/mol. The van der Waals surface area contributed by atoms with Crippen LogP contribution in [0.4, 0.5) is 4.39 Å². The van der Waals surface area contributed by atoms with E-state index < -0.39 is 0 Å². The van der Waals surface area contributed by atoms with E-state index >= 15 is 0 Å². The summed E-state index contributed by atoms with van der Waals surface area (Å²) in [5, 5.41) is 0.305. The summed E-state index contributed by atoms with van der Waals surface area (Å²) in [5.74, 6) is 0.187. The lowest BCUT2D eigenvalue weighted by Crippen LogP contribution is -2.00. The third-order valence-corrected chi connectivity index (χ3v) is 3.91. The van der Waals surface area contributed by atoms with Gasteiger partial charge in [-0.1, -0.05) is 11.6 Å². The van der Waals surface area contributed by atoms with Crippen LogP contribution < -0.4 is 0 Å². The highest BCUT2D eigenvalue weighted by molar-refractivity contribution is 9.10. The van der Waals surface area contributed by atoms with Crippen molar-refractivity contribution in [3.8, 4) is 11.4 Å². The number of halogens is 3. The van der Waals surface area contributed by atoms with Crippen LogP contribution >= 0.6 is 27.5 Å². The van der Waals surface area contributed by atoms with Gasteiger partial charge in [-0.15, -0.1) is 0 Å². The molecule has 0 radical (unpaired) electrons. The first-order valence-electron chi connectivity index (χ1n) is 5.50. The maximum Gasteiger partial charge on any atom is 0.161 e. The van der Waals surface area contributed by atoms with Crippen molar-refractivity contribution in [3.05, 3.63) is 44.9 Å². The average Bonchev–Trinajstić information content (AvgIpc) is 2.38. The largest absolute Gasteiger partial charge is 0.378 e. The van der Waals surface area contributed by atoms with Gasteiger partial charge in [0.1, 0.15) is 11.0 Å². The standard InChI is InChI=1S/C13H11BrClFN2O/c1-7-5-8(3-4-9(7)16)13-17-10(6-19-2)11(14)12(15)18-13/h3-5H,6H2,1-2H3. The van der Waals surface area contributed by atoms with Gasteiger partial charge in [0.05, 0.1) is 16.8 Å². The van der Waals surface area contributed by atoms with Crippen LogP contribution in [0.15, 0.2) is 22.7 Å². The summed E-state index contributed by atoms with van der Waals surface area (Å²) in [7, 11) is 1.57. The molecular formula is C13H11BrClFN2O. The van der Waals surface area contributed by atoms with Gasteiger partial charge in [0.2, 0.25) is 0 Å². The summed E-state index contributed by atoms with van der Waals surface area (Å²) >= 11 is 9.37. The van der Waals surface area contributed by atoms with Gasteiger partial charge in [-0.2, -0.15) is 0 Å². The van der Waals surface area contributed by atoms with Crippen molar-refractivity contribution in [2.75, 3.05) is 7.11 Å². The lowest BCUT2D eigenvalue weighted by molar-refractivity contribution is 0.181. The Hall–Kier alpha value is -1.04. The van der Waals surface area contributed by atoms with Crippen LogP contribution in [0.3, 0.4) is 0 Å². The van der Waals surface area contributed by atoms with E-state index in [2.05, 4.69) is 25.9 Å². The molecule has 100 valence electrons. The minimum atomic E-state index is -0.260. The fourth-order valence-electron chi connectivity index (χ4n) is 1.61. The lowest BCUT2D eigenvalue weighted by Gasteiger charge is -2.08. The zero-order valence-corrected chi connectivity index (χ0v) is 12.7. The molecule has 0 atom stereocenters. The fraction of sp³-hybridized carbons (Fsp3) is 0.231. The van der Waals surface area contributed by atoms with Crippen LogP contribution in [0.25, 0.3) is 11.4 Å². The van der Waals surface area contributed by atoms with Gasteiger partial charge in [-0.3, -0.25) is 0 Å². The van der Waals surface area contributed by atoms with E-state index in [9.17, 15) is 4.39 Å². The molecule has 6 heteroatoms. The van der Waals surface area contributed by atoms with Gasteiger partial charge in [0.15, 0.2) is 5.82 Å².